The average Bonchev–Trinajstić information content (AvgIpc) is 3.28. The van der Waals surface area contributed by atoms with E-state index in [2.05, 4.69) is 83.1 Å². The Morgan fingerprint density at radius 3 is 2.48 bits per heavy atom. The third kappa shape index (κ3) is 4.04. The molecule has 3 nitrogen and oxygen atoms in total. The van der Waals surface area contributed by atoms with E-state index in [1.807, 2.05) is 18.5 Å². The summed E-state index contributed by atoms with van der Waals surface area (Å²) in [5.74, 6) is 0.563. The molecule has 3 heteroatoms. The SMILES string of the molecule is CC(C)Cc1cnc(-c2ccnc(-c3cc(C(C)(C)C)c4ccccc4c3)c2)c2occc12. The van der Waals surface area contributed by atoms with Crippen LogP contribution in [0.2, 0.25) is 0 Å². The van der Waals surface area contributed by atoms with Crippen molar-refractivity contribution in [3.05, 3.63) is 84.4 Å². The highest BCUT2D eigenvalue weighted by molar-refractivity contribution is 5.94. The quantitative estimate of drug-likeness (QED) is 0.286. The molecule has 0 saturated carbocycles. The molecule has 0 spiro atoms. The molecule has 0 N–H and O–H groups in total. The molecular formula is C30H30N2O. The topological polar surface area (TPSA) is 38.9 Å². The van der Waals surface area contributed by atoms with Crippen LogP contribution in [-0.2, 0) is 11.8 Å². The minimum atomic E-state index is 0.0291. The summed E-state index contributed by atoms with van der Waals surface area (Å²) in [6, 6.07) is 19.3. The lowest BCUT2D eigenvalue weighted by molar-refractivity contribution is 0.596. The Kier molecular flexibility index (Phi) is 5.28. The lowest BCUT2D eigenvalue weighted by Gasteiger charge is -2.22. The van der Waals surface area contributed by atoms with Crippen LogP contribution in [-0.4, -0.2) is 9.97 Å². The maximum absolute atomic E-state index is 5.91. The van der Waals surface area contributed by atoms with E-state index in [0.29, 0.717) is 5.92 Å². The molecule has 0 amide bonds. The van der Waals surface area contributed by atoms with Crippen LogP contribution in [0.5, 0.6) is 0 Å². The van der Waals surface area contributed by atoms with Gasteiger partial charge in [0.1, 0.15) is 5.69 Å². The van der Waals surface area contributed by atoms with Crippen LogP contribution in [0.4, 0.5) is 0 Å². The van der Waals surface area contributed by atoms with Gasteiger partial charge in [0.25, 0.3) is 0 Å². The lowest BCUT2D eigenvalue weighted by atomic mass is 9.82. The number of nitrogens with zero attached hydrogens (tertiary/aromatic N) is 2. The fourth-order valence-electron chi connectivity index (χ4n) is 4.64. The number of benzene rings is 2. The zero-order valence-electron chi connectivity index (χ0n) is 20.0. The number of furan rings is 1. The van der Waals surface area contributed by atoms with Gasteiger partial charge < -0.3 is 4.42 Å². The zero-order valence-corrected chi connectivity index (χ0v) is 20.0. The van der Waals surface area contributed by atoms with Crippen molar-refractivity contribution in [3.8, 4) is 22.5 Å². The van der Waals surface area contributed by atoms with Crippen molar-refractivity contribution in [2.24, 2.45) is 5.92 Å². The summed E-state index contributed by atoms with van der Waals surface area (Å²) < 4.78 is 5.91. The second kappa shape index (κ2) is 8.15. The van der Waals surface area contributed by atoms with Crippen molar-refractivity contribution in [1.82, 2.24) is 9.97 Å². The van der Waals surface area contributed by atoms with Gasteiger partial charge in [0, 0.05) is 28.9 Å². The molecule has 0 saturated heterocycles. The normalized spacial score (nSPS) is 12.2. The molecule has 33 heavy (non-hydrogen) atoms. The molecule has 0 aliphatic carbocycles. The van der Waals surface area contributed by atoms with Gasteiger partial charge in [-0.25, -0.2) is 0 Å². The van der Waals surface area contributed by atoms with Gasteiger partial charge in [-0.3, -0.25) is 9.97 Å². The van der Waals surface area contributed by atoms with Crippen molar-refractivity contribution in [3.63, 3.8) is 0 Å². The predicted molar refractivity (Wildman–Crippen MR) is 137 cm³/mol. The number of hydrogen-bond donors (Lipinski definition) is 0. The largest absolute Gasteiger partial charge is 0.462 e. The maximum atomic E-state index is 5.91. The van der Waals surface area contributed by atoms with E-state index in [0.717, 1.165) is 39.9 Å². The molecule has 2 aromatic carbocycles. The van der Waals surface area contributed by atoms with E-state index in [-0.39, 0.29) is 5.41 Å². The zero-order chi connectivity index (χ0) is 23.2. The van der Waals surface area contributed by atoms with Gasteiger partial charge in [0.15, 0.2) is 5.58 Å². The van der Waals surface area contributed by atoms with E-state index in [9.17, 15) is 0 Å². The first-order chi connectivity index (χ1) is 15.8. The number of fused-ring (bicyclic) bond motifs is 2. The van der Waals surface area contributed by atoms with Gasteiger partial charge in [-0.2, -0.15) is 0 Å². The summed E-state index contributed by atoms with van der Waals surface area (Å²) in [5, 5.41) is 3.68. The van der Waals surface area contributed by atoms with Crippen LogP contribution < -0.4 is 0 Å². The van der Waals surface area contributed by atoms with Gasteiger partial charge in [-0.05, 0) is 70.0 Å². The third-order valence-corrected chi connectivity index (χ3v) is 6.20. The number of hydrogen-bond acceptors (Lipinski definition) is 3. The standard InChI is InChI=1S/C30H30N2O/c1-19(2)14-23-18-32-28(29-25(23)11-13-33-29)21-10-12-31-27(17-21)22-15-20-8-6-7-9-24(20)26(16-22)30(3,4)5/h6-13,15-19H,14H2,1-5H3. The van der Waals surface area contributed by atoms with E-state index < -0.39 is 0 Å². The van der Waals surface area contributed by atoms with Crippen LogP contribution >= 0.6 is 0 Å². The maximum Gasteiger partial charge on any atom is 0.160 e. The van der Waals surface area contributed by atoms with Crippen LogP contribution in [0.1, 0.15) is 45.7 Å². The van der Waals surface area contributed by atoms with Gasteiger partial charge in [-0.1, -0.05) is 58.9 Å². The molecule has 0 radical (unpaired) electrons. The van der Waals surface area contributed by atoms with Crippen LogP contribution in [0.15, 0.2) is 77.7 Å². The molecule has 0 atom stereocenters. The summed E-state index contributed by atoms with van der Waals surface area (Å²) in [4.78, 5) is 9.55. The Labute approximate surface area is 195 Å². The first kappa shape index (κ1) is 21.4. The minimum absolute atomic E-state index is 0.0291. The smallest absolute Gasteiger partial charge is 0.160 e. The van der Waals surface area contributed by atoms with Crippen molar-refractivity contribution >= 4 is 21.7 Å². The van der Waals surface area contributed by atoms with E-state index in [1.165, 1.54) is 21.9 Å². The van der Waals surface area contributed by atoms with E-state index >= 15 is 0 Å². The van der Waals surface area contributed by atoms with Crippen LogP contribution in [0, 0.1) is 5.92 Å². The van der Waals surface area contributed by atoms with Gasteiger partial charge in [0.2, 0.25) is 0 Å². The first-order valence-corrected chi connectivity index (χ1v) is 11.7. The molecule has 3 heterocycles. The summed E-state index contributed by atoms with van der Waals surface area (Å²) >= 11 is 0. The highest BCUT2D eigenvalue weighted by Gasteiger charge is 2.19. The average molecular weight is 435 g/mol. The van der Waals surface area contributed by atoms with Crippen molar-refractivity contribution in [2.75, 3.05) is 0 Å². The first-order valence-electron chi connectivity index (χ1n) is 11.7. The molecule has 5 rings (SSSR count). The highest BCUT2D eigenvalue weighted by Crippen LogP contribution is 2.36. The Balaban J connectivity index is 1.65. The summed E-state index contributed by atoms with van der Waals surface area (Å²) in [6.45, 7) is 11.2. The summed E-state index contributed by atoms with van der Waals surface area (Å²) in [6.07, 6.45) is 6.62. The molecule has 3 aromatic heterocycles. The van der Waals surface area contributed by atoms with Crippen LogP contribution in [0.25, 0.3) is 44.3 Å². The van der Waals surface area contributed by atoms with E-state index in [1.54, 1.807) is 6.26 Å². The van der Waals surface area contributed by atoms with Gasteiger partial charge >= 0.3 is 0 Å². The fraction of sp³-hybridized carbons (Fsp3) is 0.267. The molecule has 166 valence electrons. The third-order valence-electron chi connectivity index (χ3n) is 6.20. The minimum Gasteiger partial charge on any atom is -0.462 e. The number of pyridine rings is 2. The Morgan fingerprint density at radius 1 is 0.879 bits per heavy atom. The Hall–Kier alpha value is -3.46. The van der Waals surface area contributed by atoms with Crippen molar-refractivity contribution in [2.45, 2.75) is 46.5 Å². The summed E-state index contributed by atoms with van der Waals surface area (Å²) in [5.41, 5.74) is 7.37. The van der Waals surface area contributed by atoms with Crippen LogP contribution in [0.3, 0.4) is 0 Å². The molecule has 0 fully saturated rings. The van der Waals surface area contributed by atoms with Gasteiger partial charge in [0.05, 0.1) is 12.0 Å². The Bertz CT molecular complexity index is 1450. The second-order valence-corrected chi connectivity index (χ2v) is 10.3. The fourth-order valence-corrected chi connectivity index (χ4v) is 4.64. The molecule has 0 bridgehead atoms. The molecule has 5 aromatic rings. The molecule has 0 aliphatic rings. The summed E-state index contributed by atoms with van der Waals surface area (Å²) in [7, 11) is 0. The Morgan fingerprint density at radius 2 is 1.70 bits per heavy atom. The van der Waals surface area contributed by atoms with Gasteiger partial charge in [-0.15, -0.1) is 0 Å². The monoisotopic (exact) mass is 434 g/mol. The van der Waals surface area contributed by atoms with Crippen molar-refractivity contribution in [1.29, 1.82) is 0 Å². The molecule has 0 aliphatic heterocycles. The molecule has 0 unspecified atom stereocenters. The van der Waals surface area contributed by atoms with E-state index in [4.69, 9.17) is 14.4 Å². The van der Waals surface area contributed by atoms with Crippen molar-refractivity contribution < 1.29 is 4.42 Å². The highest BCUT2D eigenvalue weighted by atomic mass is 16.3. The second-order valence-electron chi connectivity index (χ2n) is 10.3. The molecular weight excluding hydrogens is 404 g/mol. The number of rotatable bonds is 4. The lowest BCUT2D eigenvalue weighted by Crippen LogP contribution is -2.12. The predicted octanol–water partition coefficient (Wildman–Crippen LogP) is 8.21. The number of aromatic nitrogens is 2.